The van der Waals surface area contributed by atoms with Crippen LogP contribution in [0.25, 0.3) is 22.0 Å². The van der Waals surface area contributed by atoms with Gasteiger partial charge in [-0.15, -0.1) is 0 Å². The van der Waals surface area contributed by atoms with E-state index in [2.05, 4.69) is 46.3 Å². The fourth-order valence-electron chi connectivity index (χ4n) is 4.38. The van der Waals surface area contributed by atoms with Crippen molar-refractivity contribution in [2.24, 2.45) is 0 Å². The number of halogens is 2. The van der Waals surface area contributed by atoms with E-state index in [4.69, 9.17) is 4.74 Å². The molecule has 2 aromatic carbocycles. The number of benzene rings is 2. The molecule has 0 aliphatic carbocycles. The molecule has 1 saturated heterocycles. The molecule has 0 saturated carbocycles. The van der Waals surface area contributed by atoms with Gasteiger partial charge in [0.25, 0.3) is 0 Å². The normalized spacial score (nSPS) is 18.8. The number of anilines is 3. The fraction of sp³-hybridized carbons (Fsp3) is 0.280. The van der Waals surface area contributed by atoms with Gasteiger partial charge in [0.1, 0.15) is 5.82 Å². The van der Waals surface area contributed by atoms with Crippen LogP contribution in [0.4, 0.5) is 26.0 Å². The first-order chi connectivity index (χ1) is 16.0. The van der Waals surface area contributed by atoms with E-state index in [0.29, 0.717) is 16.7 Å². The van der Waals surface area contributed by atoms with Gasteiger partial charge in [0.2, 0.25) is 0 Å². The summed E-state index contributed by atoms with van der Waals surface area (Å²) in [6.07, 6.45) is 3.58. The van der Waals surface area contributed by atoms with Crippen molar-refractivity contribution in [1.82, 2.24) is 14.8 Å². The fourth-order valence-corrected chi connectivity index (χ4v) is 4.38. The van der Waals surface area contributed by atoms with Gasteiger partial charge in [0.05, 0.1) is 23.9 Å². The largest absolute Gasteiger partial charge is 0.372 e. The molecule has 2 aromatic heterocycles. The first-order valence-corrected chi connectivity index (χ1v) is 11.0. The number of hydrogen-bond acceptors (Lipinski definition) is 5. The molecule has 0 spiro atoms. The van der Waals surface area contributed by atoms with Gasteiger partial charge in [0.15, 0.2) is 0 Å². The van der Waals surface area contributed by atoms with Crippen molar-refractivity contribution in [3.8, 4) is 11.1 Å². The lowest BCUT2D eigenvalue weighted by atomic mass is 10.1. The molecule has 0 amide bonds. The van der Waals surface area contributed by atoms with Crippen molar-refractivity contribution in [2.45, 2.75) is 32.6 Å². The predicted octanol–water partition coefficient (Wildman–Crippen LogP) is 5.85. The molecule has 6 nitrogen and oxygen atoms in total. The summed E-state index contributed by atoms with van der Waals surface area (Å²) in [7, 11) is 0. The average molecular weight is 450 g/mol. The second-order valence-corrected chi connectivity index (χ2v) is 8.41. The van der Waals surface area contributed by atoms with Crippen molar-refractivity contribution in [3.05, 3.63) is 67.0 Å². The summed E-state index contributed by atoms with van der Waals surface area (Å²) in [4.78, 5) is 6.79. The zero-order valence-electron chi connectivity index (χ0n) is 18.5. The van der Waals surface area contributed by atoms with E-state index in [1.165, 1.54) is 6.20 Å². The Kier molecular flexibility index (Phi) is 5.68. The van der Waals surface area contributed by atoms with Crippen molar-refractivity contribution >= 4 is 28.1 Å². The van der Waals surface area contributed by atoms with Crippen LogP contribution in [0.2, 0.25) is 0 Å². The third-order valence-electron chi connectivity index (χ3n) is 5.78. The average Bonchev–Trinajstić information content (AvgIpc) is 3.22. The SMILES string of the molecule is C[C@@H]1CN(c2cccc(Nc3cc(-c4ccc5c(cnn5C(F)F)c4)ccn3)c2)C[C@H](C)O1. The van der Waals surface area contributed by atoms with Crippen LogP contribution in [-0.4, -0.2) is 40.1 Å². The maximum Gasteiger partial charge on any atom is 0.333 e. The van der Waals surface area contributed by atoms with Gasteiger partial charge in [-0.25, -0.2) is 9.67 Å². The highest BCUT2D eigenvalue weighted by Gasteiger charge is 2.22. The van der Waals surface area contributed by atoms with Gasteiger partial charge in [-0.05, 0) is 67.4 Å². The summed E-state index contributed by atoms with van der Waals surface area (Å²) in [5, 5.41) is 7.84. The molecule has 0 unspecified atom stereocenters. The lowest BCUT2D eigenvalue weighted by molar-refractivity contribution is -0.00521. The Morgan fingerprint density at radius 1 is 1.00 bits per heavy atom. The topological polar surface area (TPSA) is 55.2 Å². The summed E-state index contributed by atoms with van der Waals surface area (Å²) in [5.41, 5.74) is 4.33. The van der Waals surface area contributed by atoms with Crippen molar-refractivity contribution < 1.29 is 13.5 Å². The molecule has 4 aromatic rings. The standard InChI is InChI=1S/C25H25F2N5O/c1-16-14-31(15-17(2)33-16)22-5-3-4-21(12-22)30-24-11-19(8-9-28-24)18-6-7-23-20(10-18)13-29-32(23)25(26)27/h3-13,16-17,25H,14-15H2,1-2H3,(H,28,30)/t16-,17+. The van der Waals surface area contributed by atoms with Crippen LogP contribution in [-0.2, 0) is 4.74 Å². The molecule has 5 rings (SSSR count). The molecule has 1 N–H and O–H groups in total. The summed E-state index contributed by atoms with van der Waals surface area (Å²) in [6, 6.07) is 17.5. The highest BCUT2D eigenvalue weighted by Crippen LogP contribution is 2.29. The zero-order chi connectivity index (χ0) is 22.9. The second kappa shape index (κ2) is 8.78. The number of ether oxygens (including phenoxy) is 1. The molecule has 1 fully saturated rings. The van der Waals surface area contributed by atoms with E-state index in [1.807, 2.05) is 36.4 Å². The zero-order valence-corrected chi connectivity index (χ0v) is 18.5. The van der Waals surface area contributed by atoms with E-state index in [1.54, 1.807) is 12.3 Å². The molecule has 33 heavy (non-hydrogen) atoms. The Balaban J connectivity index is 1.37. The van der Waals surface area contributed by atoms with Gasteiger partial charge in [-0.1, -0.05) is 12.1 Å². The van der Waals surface area contributed by atoms with Gasteiger partial charge in [-0.2, -0.15) is 13.9 Å². The van der Waals surface area contributed by atoms with Gasteiger partial charge >= 0.3 is 6.55 Å². The Morgan fingerprint density at radius 2 is 1.79 bits per heavy atom. The Morgan fingerprint density at radius 3 is 2.58 bits per heavy atom. The highest BCUT2D eigenvalue weighted by molar-refractivity contribution is 5.85. The van der Waals surface area contributed by atoms with E-state index < -0.39 is 6.55 Å². The minimum absolute atomic E-state index is 0.189. The first-order valence-electron chi connectivity index (χ1n) is 11.0. The minimum atomic E-state index is -2.66. The molecule has 8 heteroatoms. The van der Waals surface area contributed by atoms with Crippen LogP contribution in [0, 0.1) is 0 Å². The van der Waals surface area contributed by atoms with E-state index in [-0.39, 0.29) is 12.2 Å². The lowest BCUT2D eigenvalue weighted by Crippen LogP contribution is -2.45. The van der Waals surface area contributed by atoms with E-state index in [0.717, 1.165) is 40.3 Å². The van der Waals surface area contributed by atoms with Crippen LogP contribution in [0.3, 0.4) is 0 Å². The van der Waals surface area contributed by atoms with Crippen LogP contribution < -0.4 is 10.2 Å². The number of morpholine rings is 1. The van der Waals surface area contributed by atoms with E-state index in [9.17, 15) is 8.78 Å². The van der Waals surface area contributed by atoms with Crippen molar-refractivity contribution in [3.63, 3.8) is 0 Å². The Hall–Kier alpha value is -3.52. The van der Waals surface area contributed by atoms with Gasteiger partial charge in [0, 0.05) is 36.0 Å². The Bertz CT molecular complexity index is 1260. The van der Waals surface area contributed by atoms with Gasteiger partial charge in [-0.3, -0.25) is 0 Å². The summed E-state index contributed by atoms with van der Waals surface area (Å²) < 4.78 is 32.7. The number of nitrogens with zero attached hydrogens (tertiary/aromatic N) is 4. The summed E-state index contributed by atoms with van der Waals surface area (Å²) >= 11 is 0. The molecular weight excluding hydrogens is 424 g/mol. The van der Waals surface area contributed by atoms with E-state index >= 15 is 0 Å². The minimum Gasteiger partial charge on any atom is -0.372 e. The van der Waals surface area contributed by atoms with Crippen LogP contribution in [0.5, 0.6) is 0 Å². The Labute approximate surface area is 190 Å². The summed E-state index contributed by atoms with van der Waals surface area (Å²) in [6.45, 7) is 3.23. The predicted molar refractivity (Wildman–Crippen MR) is 126 cm³/mol. The molecular formula is C25H25F2N5O. The number of hydrogen-bond donors (Lipinski definition) is 1. The highest BCUT2D eigenvalue weighted by atomic mass is 19.3. The number of rotatable bonds is 5. The number of fused-ring (bicyclic) bond motifs is 1. The third kappa shape index (κ3) is 4.52. The maximum atomic E-state index is 13.1. The second-order valence-electron chi connectivity index (χ2n) is 8.41. The monoisotopic (exact) mass is 449 g/mol. The quantitative estimate of drug-likeness (QED) is 0.414. The maximum absolute atomic E-state index is 13.1. The lowest BCUT2D eigenvalue weighted by Gasteiger charge is -2.37. The van der Waals surface area contributed by atoms with Crippen molar-refractivity contribution in [1.29, 1.82) is 0 Å². The third-order valence-corrected chi connectivity index (χ3v) is 5.78. The molecule has 1 aliphatic rings. The smallest absolute Gasteiger partial charge is 0.333 e. The number of nitrogens with one attached hydrogen (secondary N) is 1. The van der Waals surface area contributed by atoms with Crippen LogP contribution >= 0.6 is 0 Å². The van der Waals surface area contributed by atoms with Crippen LogP contribution in [0.15, 0.2) is 67.0 Å². The molecule has 3 heterocycles. The molecule has 0 bridgehead atoms. The van der Waals surface area contributed by atoms with Gasteiger partial charge < -0.3 is 15.0 Å². The number of pyridine rings is 1. The molecule has 0 radical (unpaired) electrons. The molecule has 170 valence electrons. The molecule has 2 atom stereocenters. The summed E-state index contributed by atoms with van der Waals surface area (Å²) in [5.74, 6) is 0.705. The first kappa shape index (κ1) is 21.3. The molecule has 1 aliphatic heterocycles. The van der Waals surface area contributed by atoms with Crippen LogP contribution in [0.1, 0.15) is 20.4 Å². The van der Waals surface area contributed by atoms with Crippen molar-refractivity contribution in [2.75, 3.05) is 23.3 Å². The number of aromatic nitrogens is 3. The number of alkyl halides is 2.